The quantitative estimate of drug-likeness (QED) is 0.624. The highest BCUT2D eigenvalue weighted by Gasteiger charge is 2.26. The summed E-state index contributed by atoms with van der Waals surface area (Å²) in [5.74, 6) is 0. The van der Waals surface area contributed by atoms with Crippen molar-refractivity contribution in [3.05, 3.63) is 70.7 Å². The molecule has 144 valence electrons. The lowest BCUT2D eigenvalue weighted by molar-refractivity contribution is -0.583. The zero-order valence-corrected chi connectivity index (χ0v) is 16.5. The molecule has 0 bridgehead atoms. The van der Waals surface area contributed by atoms with Gasteiger partial charge in [-0.05, 0) is 55.3 Å². The SMILES string of the molecule is Cc1cc(C=Cc2ccc(N(C)CCO)cc2)n2c1c(CCN)c1[n+]2=CC=C1. The van der Waals surface area contributed by atoms with Crippen molar-refractivity contribution in [3.63, 3.8) is 0 Å². The van der Waals surface area contributed by atoms with E-state index in [2.05, 4.69) is 76.6 Å². The molecule has 0 spiro atoms. The predicted octanol–water partition coefficient (Wildman–Crippen LogP) is 2.39. The number of nitrogens with zero attached hydrogens (tertiary/aromatic N) is 3. The van der Waals surface area contributed by atoms with Crippen molar-refractivity contribution >= 4 is 29.4 Å². The Hall–Kier alpha value is -2.89. The van der Waals surface area contributed by atoms with Crippen molar-refractivity contribution in [2.45, 2.75) is 13.3 Å². The van der Waals surface area contributed by atoms with Crippen LogP contribution < -0.4 is 15.0 Å². The van der Waals surface area contributed by atoms with Crippen molar-refractivity contribution < 1.29 is 9.46 Å². The van der Waals surface area contributed by atoms with E-state index in [9.17, 15) is 0 Å². The van der Waals surface area contributed by atoms with Gasteiger partial charge in [-0.15, -0.1) is 4.52 Å². The van der Waals surface area contributed by atoms with E-state index in [-0.39, 0.29) is 6.61 Å². The minimum Gasteiger partial charge on any atom is -0.395 e. The first-order chi connectivity index (χ1) is 13.6. The van der Waals surface area contributed by atoms with Crippen LogP contribution in [-0.4, -0.2) is 36.4 Å². The molecule has 3 heterocycles. The summed E-state index contributed by atoms with van der Waals surface area (Å²) in [6.07, 6.45) is 11.5. The molecule has 2 aromatic heterocycles. The molecule has 0 saturated heterocycles. The maximum atomic E-state index is 9.08. The average Bonchev–Trinajstić information content (AvgIpc) is 3.36. The summed E-state index contributed by atoms with van der Waals surface area (Å²) < 4.78 is 4.48. The first kappa shape index (κ1) is 18.5. The van der Waals surface area contributed by atoms with E-state index in [1.165, 1.54) is 22.3 Å². The second kappa shape index (κ2) is 7.62. The van der Waals surface area contributed by atoms with Gasteiger partial charge in [0.2, 0.25) is 11.9 Å². The van der Waals surface area contributed by atoms with Gasteiger partial charge in [0.15, 0.2) is 0 Å². The fourth-order valence-corrected chi connectivity index (χ4v) is 3.96. The number of aliphatic hydroxyl groups excluding tert-OH is 1. The highest BCUT2D eigenvalue weighted by Crippen LogP contribution is 2.25. The fourth-order valence-electron chi connectivity index (χ4n) is 3.96. The minimum atomic E-state index is 0.154. The second-order valence-corrected chi connectivity index (χ2v) is 7.24. The zero-order chi connectivity index (χ0) is 19.7. The summed E-state index contributed by atoms with van der Waals surface area (Å²) in [7, 11) is 1.98. The van der Waals surface area contributed by atoms with E-state index in [1.54, 1.807) is 0 Å². The fraction of sp³-hybridized carbons (Fsp3) is 0.261. The van der Waals surface area contributed by atoms with Crippen molar-refractivity contribution in [2.24, 2.45) is 5.73 Å². The number of nitrogens with two attached hydrogens (primary N) is 1. The van der Waals surface area contributed by atoms with Gasteiger partial charge < -0.3 is 15.7 Å². The standard InChI is InChI=1S/C23H27N4O/c1-17-16-20(10-7-18-5-8-19(9-6-18)25(2)14-15-28)27-23(17)21(11-12-24)22-4-3-13-26(22)27/h3-10,13,16,28H,11-12,14-15,24H2,1-2H3/q+1. The number of anilines is 1. The van der Waals surface area contributed by atoms with Gasteiger partial charge in [-0.2, -0.15) is 0 Å². The summed E-state index contributed by atoms with van der Waals surface area (Å²) in [5, 5.41) is 9.08. The Labute approximate surface area is 165 Å². The molecular weight excluding hydrogens is 348 g/mol. The Bertz CT molecular complexity index is 1110. The normalized spacial score (nSPS) is 12.9. The number of aromatic nitrogens is 2. The van der Waals surface area contributed by atoms with E-state index in [4.69, 9.17) is 10.8 Å². The molecule has 0 aliphatic carbocycles. The topological polar surface area (TPSA) is 59.8 Å². The van der Waals surface area contributed by atoms with Crippen LogP contribution in [0, 0.1) is 13.1 Å². The third-order valence-corrected chi connectivity index (χ3v) is 5.34. The van der Waals surface area contributed by atoms with Gasteiger partial charge in [-0.1, -0.05) is 22.6 Å². The van der Waals surface area contributed by atoms with Crippen LogP contribution in [0.4, 0.5) is 5.69 Å². The van der Waals surface area contributed by atoms with Crippen LogP contribution in [0.5, 0.6) is 0 Å². The van der Waals surface area contributed by atoms with Gasteiger partial charge in [0, 0.05) is 31.4 Å². The number of aryl methyl sites for hydroxylation is 1. The molecule has 0 amide bonds. The highest BCUT2D eigenvalue weighted by molar-refractivity contribution is 5.75. The Morgan fingerprint density at radius 2 is 2.00 bits per heavy atom. The van der Waals surface area contributed by atoms with Crippen LogP contribution >= 0.6 is 0 Å². The lowest BCUT2D eigenvalue weighted by atomic mass is 10.1. The van der Waals surface area contributed by atoms with E-state index in [1.807, 2.05) is 11.9 Å². The second-order valence-electron chi connectivity index (χ2n) is 7.24. The Morgan fingerprint density at radius 3 is 2.71 bits per heavy atom. The Balaban J connectivity index is 1.68. The number of hydrogen-bond donors (Lipinski definition) is 2. The monoisotopic (exact) mass is 375 g/mol. The van der Waals surface area contributed by atoms with Crippen molar-refractivity contribution in [3.8, 4) is 0 Å². The van der Waals surface area contributed by atoms with Crippen molar-refractivity contribution in [1.29, 1.82) is 0 Å². The third kappa shape index (κ3) is 3.13. The number of rotatable bonds is 7. The van der Waals surface area contributed by atoms with E-state index < -0.39 is 0 Å². The molecule has 0 atom stereocenters. The molecule has 0 fully saturated rings. The molecule has 0 radical (unpaired) electrons. The van der Waals surface area contributed by atoms with Crippen LogP contribution in [0.2, 0.25) is 0 Å². The lowest BCUT2D eigenvalue weighted by Crippen LogP contribution is -2.24. The van der Waals surface area contributed by atoms with Crippen LogP contribution in [0.3, 0.4) is 0 Å². The smallest absolute Gasteiger partial charge is 0.242 e. The molecule has 5 heteroatoms. The van der Waals surface area contributed by atoms with Gasteiger partial charge >= 0.3 is 0 Å². The third-order valence-electron chi connectivity index (χ3n) is 5.34. The number of fused-ring (bicyclic) bond motifs is 3. The van der Waals surface area contributed by atoms with E-state index in [0.29, 0.717) is 13.1 Å². The zero-order valence-electron chi connectivity index (χ0n) is 16.5. The van der Waals surface area contributed by atoms with E-state index >= 15 is 0 Å². The number of aliphatic hydroxyl groups is 1. The Morgan fingerprint density at radius 1 is 1.21 bits per heavy atom. The highest BCUT2D eigenvalue weighted by atomic mass is 16.3. The van der Waals surface area contributed by atoms with Gasteiger partial charge in [0.1, 0.15) is 11.2 Å². The summed E-state index contributed by atoms with van der Waals surface area (Å²) >= 11 is 0. The first-order valence-corrected chi connectivity index (χ1v) is 9.71. The van der Waals surface area contributed by atoms with Crippen LogP contribution in [0.15, 0.2) is 36.4 Å². The molecule has 5 nitrogen and oxygen atoms in total. The molecule has 4 rings (SSSR count). The molecular formula is C23H27N4O+. The molecule has 0 saturated carbocycles. The first-order valence-electron chi connectivity index (χ1n) is 9.71. The number of hydrogen-bond acceptors (Lipinski definition) is 3. The minimum absolute atomic E-state index is 0.154. The number of allylic oxidation sites excluding steroid dienone is 1. The van der Waals surface area contributed by atoms with Gasteiger partial charge in [-0.3, -0.25) is 0 Å². The maximum Gasteiger partial charge on any atom is 0.242 e. The molecule has 3 N–H and O–H groups in total. The summed E-state index contributed by atoms with van der Waals surface area (Å²) in [6, 6.07) is 10.6. The van der Waals surface area contributed by atoms with E-state index in [0.717, 1.165) is 23.4 Å². The number of likely N-dealkylation sites (N-methyl/N-ethyl adjacent to an activating group) is 1. The summed E-state index contributed by atoms with van der Waals surface area (Å²) in [4.78, 5) is 2.04. The average molecular weight is 375 g/mol. The Kier molecular flexibility index (Phi) is 5.03. The van der Waals surface area contributed by atoms with Gasteiger partial charge in [0.25, 0.3) is 0 Å². The maximum absolute atomic E-state index is 9.08. The van der Waals surface area contributed by atoms with Crippen LogP contribution in [0.25, 0.3) is 23.7 Å². The van der Waals surface area contributed by atoms with Crippen LogP contribution in [-0.2, 0) is 6.42 Å². The molecule has 1 aliphatic heterocycles. The van der Waals surface area contributed by atoms with Gasteiger partial charge in [-0.25, -0.2) is 0 Å². The number of benzene rings is 1. The summed E-state index contributed by atoms with van der Waals surface area (Å²) in [5.41, 5.74) is 14.3. The lowest BCUT2D eigenvalue weighted by Gasteiger charge is -2.17. The molecule has 0 unspecified atom stereocenters. The largest absolute Gasteiger partial charge is 0.395 e. The molecule has 28 heavy (non-hydrogen) atoms. The predicted molar refractivity (Wildman–Crippen MR) is 115 cm³/mol. The van der Waals surface area contributed by atoms with Crippen molar-refractivity contribution in [2.75, 3.05) is 31.6 Å². The van der Waals surface area contributed by atoms with Gasteiger partial charge in [0.05, 0.1) is 12.2 Å². The molecule has 1 aromatic carbocycles. The molecule has 3 aromatic rings. The summed E-state index contributed by atoms with van der Waals surface area (Å²) in [6.45, 7) is 3.60. The molecule has 1 aliphatic rings. The van der Waals surface area contributed by atoms with Crippen molar-refractivity contribution in [1.82, 2.24) is 4.52 Å². The van der Waals surface area contributed by atoms with Crippen LogP contribution in [0.1, 0.15) is 28.1 Å².